The minimum Gasteiger partial charge on any atom is -0.493 e. The van der Waals surface area contributed by atoms with E-state index in [0.717, 1.165) is 11.3 Å². The van der Waals surface area contributed by atoms with E-state index in [0.29, 0.717) is 30.7 Å². The first-order chi connectivity index (χ1) is 12.6. The molecule has 1 amide bonds. The van der Waals surface area contributed by atoms with Crippen LogP contribution in [0.2, 0.25) is 0 Å². The molecule has 136 valence electrons. The Kier molecular flexibility index (Phi) is 5.62. The molecule has 0 fully saturated rings. The number of hydrogen-bond donors (Lipinski definition) is 1. The maximum Gasteiger partial charge on any atom is 0.244 e. The van der Waals surface area contributed by atoms with Gasteiger partial charge in [0.05, 0.1) is 19.4 Å². The average Bonchev–Trinajstić information content (AvgIpc) is 3.30. The van der Waals surface area contributed by atoms with E-state index in [-0.39, 0.29) is 12.5 Å². The monoisotopic (exact) mass is 355 g/mol. The highest BCUT2D eigenvalue weighted by atomic mass is 16.5. The number of aromatic nitrogens is 4. The molecule has 8 nitrogen and oxygen atoms in total. The van der Waals surface area contributed by atoms with E-state index < -0.39 is 0 Å². The molecule has 0 bridgehead atoms. The van der Waals surface area contributed by atoms with Crippen molar-refractivity contribution in [2.75, 3.05) is 6.61 Å². The SMILES string of the molecule is CC(C)COc1ccc(-c2nnn(CC(=O)NCc3ccco3)n2)cc1. The van der Waals surface area contributed by atoms with Gasteiger partial charge in [-0.3, -0.25) is 4.79 Å². The van der Waals surface area contributed by atoms with Gasteiger partial charge in [0.1, 0.15) is 18.1 Å². The second-order valence-corrected chi connectivity index (χ2v) is 6.23. The first-order valence-corrected chi connectivity index (χ1v) is 8.40. The van der Waals surface area contributed by atoms with Crippen molar-refractivity contribution in [3.8, 4) is 17.1 Å². The predicted octanol–water partition coefficient (Wildman–Crippen LogP) is 2.28. The molecule has 3 aromatic rings. The summed E-state index contributed by atoms with van der Waals surface area (Å²) < 4.78 is 10.8. The number of amides is 1. The highest BCUT2D eigenvalue weighted by molar-refractivity contribution is 5.75. The molecule has 2 aromatic heterocycles. The van der Waals surface area contributed by atoms with Crippen LogP contribution in [0.4, 0.5) is 0 Å². The van der Waals surface area contributed by atoms with Gasteiger partial charge in [0, 0.05) is 5.56 Å². The number of tetrazole rings is 1. The number of rotatable bonds is 8. The standard InChI is InChI=1S/C18H21N5O3/c1-13(2)12-26-15-7-5-14(6-8-15)18-20-22-23(21-18)11-17(24)19-10-16-4-3-9-25-16/h3-9,13H,10-12H2,1-2H3,(H,19,24). The Morgan fingerprint density at radius 2 is 2.08 bits per heavy atom. The molecule has 1 aromatic carbocycles. The molecule has 0 saturated heterocycles. The fourth-order valence-electron chi connectivity index (χ4n) is 2.17. The van der Waals surface area contributed by atoms with Crippen LogP contribution in [0.1, 0.15) is 19.6 Å². The summed E-state index contributed by atoms with van der Waals surface area (Å²) in [6.45, 7) is 5.18. The molecule has 1 N–H and O–H groups in total. The van der Waals surface area contributed by atoms with E-state index in [2.05, 4.69) is 34.6 Å². The molecule has 0 aliphatic carbocycles. The van der Waals surface area contributed by atoms with Gasteiger partial charge >= 0.3 is 0 Å². The van der Waals surface area contributed by atoms with E-state index in [1.54, 1.807) is 18.4 Å². The van der Waals surface area contributed by atoms with Crippen molar-refractivity contribution in [3.05, 3.63) is 48.4 Å². The van der Waals surface area contributed by atoms with Crippen molar-refractivity contribution in [2.45, 2.75) is 26.9 Å². The number of furan rings is 1. The first kappa shape index (κ1) is 17.7. The molecule has 2 heterocycles. The summed E-state index contributed by atoms with van der Waals surface area (Å²) in [5.41, 5.74) is 0.809. The quantitative estimate of drug-likeness (QED) is 0.666. The lowest BCUT2D eigenvalue weighted by atomic mass is 10.2. The normalized spacial score (nSPS) is 10.9. The van der Waals surface area contributed by atoms with Crippen LogP contribution in [0.5, 0.6) is 5.75 Å². The topological polar surface area (TPSA) is 95.1 Å². The van der Waals surface area contributed by atoms with Crippen LogP contribution in [0.15, 0.2) is 47.1 Å². The lowest BCUT2D eigenvalue weighted by Gasteiger charge is -2.08. The van der Waals surface area contributed by atoms with Crippen molar-refractivity contribution >= 4 is 5.91 Å². The van der Waals surface area contributed by atoms with Gasteiger partial charge in [-0.15, -0.1) is 10.2 Å². The minimum absolute atomic E-state index is 0.0106. The fraction of sp³-hybridized carbons (Fsp3) is 0.333. The third-order valence-electron chi connectivity index (χ3n) is 3.47. The molecule has 0 unspecified atom stereocenters. The highest BCUT2D eigenvalue weighted by Crippen LogP contribution is 2.19. The second-order valence-electron chi connectivity index (χ2n) is 6.23. The van der Waals surface area contributed by atoms with Crippen molar-refractivity contribution in [3.63, 3.8) is 0 Å². The zero-order valence-electron chi connectivity index (χ0n) is 14.8. The number of nitrogens with zero attached hydrogens (tertiary/aromatic N) is 4. The first-order valence-electron chi connectivity index (χ1n) is 8.40. The van der Waals surface area contributed by atoms with Crippen molar-refractivity contribution in [2.24, 2.45) is 5.92 Å². The van der Waals surface area contributed by atoms with E-state index >= 15 is 0 Å². The lowest BCUT2D eigenvalue weighted by Crippen LogP contribution is -2.27. The molecule has 0 spiro atoms. The van der Waals surface area contributed by atoms with Gasteiger partial charge in [-0.05, 0) is 47.5 Å². The van der Waals surface area contributed by atoms with Gasteiger partial charge in [-0.25, -0.2) is 0 Å². The molecule has 8 heteroatoms. The Morgan fingerprint density at radius 3 is 2.77 bits per heavy atom. The van der Waals surface area contributed by atoms with E-state index in [1.165, 1.54) is 4.80 Å². The summed E-state index contributed by atoms with van der Waals surface area (Å²) in [5, 5.41) is 14.9. The molecule has 0 aliphatic rings. The largest absolute Gasteiger partial charge is 0.493 e. The van der Waals surface area contributed by atoms with Crippen LogP contribution in [-0.2, 0) is 17.9 Å². The van der Waals surface area contributed by atoms with Crippen LogP contribution in [0.3, 0.4) is 0 Å². The summed E-state index contributed by atoms with van der Waals surface area (Å²) in [6.07, 6.45) is 1.56. The molecule has 0 radical (unpaired) electrons. The zero-order chi connectivity index (χ0) is 18.4. The number of nitrogens with one attached hydrogen (secondary N) is 1. The third kappa shape index (κ3) is 4.92. The maximum absolute atomic E-state index is 11.9. The molecule has 0 saturated carbocycles. The number of carbonyl (C=O) groups excluding carboxylic acids is 1. The lowest BCUT2D eigenvalue weighted by molar-refractivity contribution is -0.122. The van der Waals surface area contributed by atoms with Crippen LogP contribution >= 0.6 is 0 Å². The van der Waals surface area contributed by atoms with Crippen molar-refractivity contribution < 1.29 is 13.9 Å². The smallest absolute Gasteiger partial charge is 0.244 e. The van der Waals surface area contributed by atoms with Crippen LogP contribution in [-0.4, -0.2) is 32.7 Å². The Morgan fingerprint density at radius 1 is 1.27 bits per heavy atom. The van der Waals surface area contributed by atoms with E-state index in [1.807, 2.05) is 24.3 Å². The Balaban J connectivity index is 1.54. The Hall–Kier alpha value is -3.16. The number of hydrogen-bond acceptors (Lipinski definition) is 6. The Bertz CT molecular complexity index is 825. The van der Waals surface area contributed by atoms with Crippen molar-refractivity contribution in [1.29, 1.82) is 0 Å². The average molecular weight is 355 g/mol. The van der Waals surface area contributed by atoms with E-state index in [9.17, 15) is 4.79 Å². The summed E-state index contributed by atoms with van der Waals surface area (Å²) in [7, 11) is 0. The summed E-state index contributed by atoms with van der Waals surface area (Å²) in [5.74, 6) is 2.19. The maximum atomic E-state index is 11.9. The second kappa shape index (κ2) is 8.28. The molecule has 0 atom stereocenters. The summed E-state index contributed by atoms with van der Waals surface area (Å²) in [6, 6.07) is 11.0. The number of carbonyl (C=O) groups is 1. The molecular weight excluding hydrogens is 334 g/mol. The van der Waals surface area contributed by atoms with Gasteiger partial charge in [-0.1, -0.05) is 13.8 Å². The number of ether oxygens (including phenoxy) is 1. The van der Waals surface area contributed by atoms with Crippen LogP contribution in [0, 0.1) is 5.92 Å². The van der Waals surface area contributed by atoms with Crippen LogP contribution < -0.4 is 10.1 Å². The number of benzene rings is 1. The van der Waals surface area contributed by atoms with Crippen LogP contribution in [0.25, 0.3) is 11.4 Å². The van der Waals surface area contributed by atoms with Gasteiger partial charge in [0.25, 0.3) is 0 Å². The highest BCUT2D eigenvalue weighted by Gasteiger charge is 2.10. The molecule has 0 aliphatic heterocycles. The van der Waals surface area contributed by atoms with Gasteiger partial charge < -0.3 is 14.5 Å². The molecular formula is C18H21N5O3. The molecule has 3 rings (SSSR count). The van der Waals surface area contributed by atoms with Gasteiger partial charge in [-0.2, -0.15) is 4.80 Å². The fourth-order valence-corrected chi connectivity index (χ4v) is 2.17. The summed E-state index contributed by atoms with van der Waals surface area (Å²) >= 11 is 0. The zero-order valence-corrected chi connectivity index (χ0v) is 14.8. The minimum atomic E-state index is -0.220. The van der Waals surface area contributed by atoms with Crippen molar-refractivity contribution in [1.82, 2.24) is 25.5 Å². The third-order valence-corrected chi connectivity index (χ3v) is 3.47. The Labute approximate surface area is 151 Å². The summed E-state index contributed by atoms with van der Waals surface area (Å²) in [4.78, 5) is 13.2. The van der Waals surface area contributed by atoms with Gasteiger partial charge in [0.2, 0.25) is 11.7 Å². The molecule has 26 heavy (non-hydrogen) atoms. The van der Waals surface area contributed by atoms with Gasteiger partial charge in [0.15, 0.2) is 0 Å². The predicted molar refractivity (Wildman–Crippen MR) is 94.1 cm³/mol. The van der Waals surface area contributed by atoms with E-state index in [4.69, 9.17) is 9.15 Å².